The summed E-state index contributed by atoms with van der Waals surface area (Å²) < 4.78 is 16.2. The van der Waals surface area contributed by atoms with Gasteiger partial charge in [-0.3, -0.25) is 0 Å². The molecule has 0 fully saturated rings. The topological polar surface area (TPSA) is 51.5 Å². The van der Waals surface area contributed by atoms with Crippen molar-refractivity contribution in [2.75, 3.05) is 26.9 Å². The fraction of sp³-hybridized carbons (Fsp3) is 0.533. The quantitative estimate of drug-likeness (QED) is 0.677. The zero-order valence-corrected chi connectivity index (χ0v) is 11.8. The first-order valence-electron chi connectivity index (χ1n) is 6.40. The molecule has 0 bridgehead atoms. The van der Waals surface area contributed by atoms with Crippen LogP contribution in [0.1, 0.15) is 25.0 Å². The van der Waals surface area contributed by atoms with Gasteiger partial charge in [0.05, 0.1) is 38.6 Å². The molecule has 4 heteroatoms. The lowest BCUT2D eigenvalue weighted by atomic mass is 10.1. The number of rotatable bonds is 8. The third-order valence-electron chi connectivity index (χ3n) is 2.49. The highest BCUT2D eigenvalue weighted by atomic mass is 16.5. The van der Waals surface area contributed by atoms with E-state index in [0.29, 0.717) is 31.3 Å². The molecule has 0 aliphatic rings. The molecule has 1 rings (SSSR count). The molecule has 0 amide bonds. The molecule has 0 aliphatic heterocycles. The second-order valence-electron chi connectivity index (χ2n) is 4.66. The monoisotopic (exact) mass is 263 g/mol. The minimum absolute atomic E-state index is 0.420. The highest BCUT2D eigenvalue weighted by Gasteiger charge is 2.04. The lowest BCUT2D eigenvalue weighted by Gasteiger charge is -2.10. The Bertz CT molecular complexity index is 424. The number of benzene rings is 1. The zero-order valence-electron chi connectivity index (χ0n) is 11.8. The minimum atomic E-state index is 0.420. The maximum atomic E-state index is 8.87. The van der Waals surface area contributed by atoms with Gasteiger partial charge < -0.3 is 14.2 Å². The zero-order chi connectivity index (χ0) is 14.1. The molecular formula is C15H21NO3. The van der Waals surface area contributed by atoms with Gasteiger partial charge in [0, 0.05) is 12.2 Å². The van der Waals surface area contributed by atoms with Crippen LogP contribution in [0.25, 0.3) is 0 Å². The average molecular weight is 263 g/mol. The Balaban J connectivity index is 2.38. The van der Waals surface area contributed by atoms with Crippen molar-refractivity contribution in [1.82, 2.24) is 0 Å². The lowest BCUT2D eigenvalue weighted by Crippen LogP contribution is -2.08. The summed E-state index contributed by atoms with van der Waals surface area (Å²) in [7, 11) is 1.61. The van der Waals surface area contributed by atoms with Gasteiger partial charge >= 0.3 is 0 Å². The van der Waals surface area contributed by atoms with Crippen molar-refractivity contribution < 1.29 is 14.2 Å². The van der Waals surface area contributed by atoms with E-state index >= 15 is 0 Å². The van der Waals surface area contributed by atoms with Crippen LogP contribution in [0, 0.1) is 17.2 Å². The van der Waals surface area contributed by atoms with Crippen molar-refractivity contribution in [3.8, 4) is 11.8 Å². The van der Waals surface area contributed by atoms with Gasteiger partial charge in [0.15, 0.2) is 0 Å². The Kier molecular flexibility index (Phi) is 6.94. The summed E-state index contributed by atoms with van der Waals surface area (Å²) >= 11 is 0. The molecule has 4 nitrogen and oxygen atoms in total. The molecule has 0 atom stereocenters. The molecule has 0 radical (unpaired) electrons. The van der Waals surface area contributed by atoms with E-state index in [1.54, 1.807) is 25.3 Å². The first-order valence-corrected chi connectivity index (χ1v) is 6.40. The van der Waals surface area contributed by atoms with E-state index in [2.05, 4.69) is 19.9 Å². The van der Waals surface area contributed by atoms with Gasteiger partial charge in [-0.2, -0.15) is 5.26 Å². The molecule has 1 aromatic carbocycles. The van der Waals surface area contributed by atoms with Crippen molar-refractivity contribution in [1.29, 1.82) is 5.26 Å². The molecule has 104 valence electrons. The summed E-state index contributed by atoms with van der Waals surface area (Å²) in [6, 6.07) is 7.41. The summed E-state index contributed by atoms with van der Waals surface area (Å²) in [4.78, 5) is 0. The van der Waals surface area contributed by atoms with Crippen molar-refractivity contribution in [3.63, 3.8) is 0 Å². The number of hydrogen-bond acceptors (Lipinski definition) is 4. The molecule has 0 saturated carbocycles. The van der Waals surface area contributed by atoms with Gasteiger partial charge in [-0.25, -0.2) is 0 Å². The molecular weight excluding hydrogens is 242 g/mol. The maximum absolute atomic E-state index is 8.87. The molecule has 0 heterocycles. The van der Waals surface area contributed by atoms with Crippen LogP contribution in [0.2, 0.25) is 0 Å². The number of nitrogens with zero attached hydrogens (tertiary/aromatic N) is 1. The van der Waals surface area contributed by atoms with Crippen LogP contribution in [0.15, 0.2) is 18.2 Å². The molecule has 0 saturated heterocycles. The SMILES string of the molecule is COc1ccc(C#N)cc1COCCOCC(C)C. The van der Waals surface area contributed by atoms with Crippen LogP contribution in [-0.2, 0) is 16.1 Å². The molecule has 0 N–H and O–H groups in total. The Labute approximate surface area is 114 Å². The minimum Gasteiger partial charge on any atom is -0.496 e. The Morgan fingerprint density at radius 3 is 2.58 bits per heavy atom. The van der Waals surface area contributed by atoms with Crippen LogP contribution in [0.5, 0.6) is 5.75 Å². The Morgan fingerprint density at radius 1 is 1.21 bits per heavy atom. The smallest absolute Gasteiger partial charge is 0.124 e. The number of nitriles is 1. The van der Waals surface area contributed by atoms with E-state index in [4.69, 9.17) is 19.5 Å². The fourth-order valence-corrected chi connectivity index (χ4v) is 1.58. The van der Waals surface area contributed by atoms with Crippen molar-refractivity contribution >= 4 is 0 Å². The summed E-state index contributed by atoms with van der Waals surface area (Å²) in [5, 5.41) is 8.87. The first kappa shape index (κ1) is 15.5. The maximum Gasteiger partial charge on any atom is 0.124 e. The van der Waals surface area contributed by atoms with Gasteiger partial charge in [0.1, 0.15) is 5.75 Å². The first-order chi connectivity index (χ1) is 9.17. The molecule has 0 aromatic heterocycles. The van der Waals surface area contributed by atoms with Crippen molar-refractivity contribution in [3.05, 3.63) is 29.3 Å². The van der Waals surface area contributed by atoms with Gasteiger partial charge in [0.2, 0.25) is 0 Å². The van der Waals surface area contributed by atoms with E-state index in [1.807, 2.05) is 0 Å². The number of hydrogen-bond donors (Lipinski definition) is 0. The standard InChI is InChI=1S/C15H21NO3/c1-12(2)10-18-6-7-19-11-14-8-13(9-16)4-5-15(14)17-3/h4-5,8,12H,6-7,10-11H2,1-3H3. The van der Waals surface area contributed by atoms with Gasteiger partial charge in [-0.1, -0.05) is 13.8 Å². The van der Waals surface area contributed by atoms with Crippen LogP contribution in [-0.4, -0.2) is 26.9 Å². The fourth-order valence-electron chi connectivity index (χ4n) is 1.58. The third-order valence-corrected chi connectivity index (χ3v) is 2.49. The molecule has 0 spiro atoms. The van der Waals surface area contributed by atoms with E-state index in [0.717, 1.165) is 17.9 Å². The highest BCUT2D eigenvalue weighted by molar-refractivity contribution is 5.41. The van der Waals surface area contributed by atoms with E-state index in [1.165, 1.54) is 0 Å². The van der Waals surface area contributed by atoms with Gasteiger partial charge in [0.25, 0.3) is 0 Å². The molecule has 0 aliphatic carbocycles. The van der Waals surface area contributed by atoms with E-state index in [-0.39, 0.29) is 0 Å². The lowest BCUT2D eigenvalue weighted by molar-refractivity contribution is 0.0309. The second kappa shape index (κ2) is 8.52. The molecule has 1 aromatic rings. The molecule has 0 unspecified atom stereocenters. The van der Waals surface area contributed by atoms with E-state index in [9.17, 15) is 0 Å². The van der Waals surface area contributed by atoms with Crippen LogP contribution in [0.3, 0.4) is 0 Å². The molecule has 19 heavy (non-hydrogen) atoms. The van der Waals surface area contributed by atoms with Crippen molar-refractivity contribution in [2.45, 2.75) is 20.5 Å². The predicted molar refractivity (Wildman–Crippen MR) is 73.0 cm³/mol. The second-order valence-corrected chi connectivity index (χ2v) is 4.66. The Morgan fingerprint density at radius 2 is 1.95 bits per heavy atom. The number of methoxy groups -OCH3 is 1. The van der Waals surface area contributed by atoms with E-state index < -0.39 is 0 Å². The summed E-state index contributed by atoms with van der Waals surface area (Å²) in [5.74, 6) is 1.27. The number of ether oxygens (including phenoxy) is 3. The summed E-state index contributed by atoms with van der Waals surface area (Å²) in [6.45, 7) is 6.50. The largest absolute Gasteiger partial charge is 0.496 e. The van der Waals surface area contributed by atoms with Crippen molar-refractivity contribution in [2.24, 2.45) is 5.92 Å². The summed E-state index contributed by atoms with van der Waals surface area (Å²) in [5.41, 5.74) is 1.49. The van der Waals surface area contributed by atoms with Gasteiger partial charge in [-0.05, 0) is 24.1 Å². The van der Waals surface area contributed by atoms with Crippen LogP contribution < -0.4 is 4.74 Å². The Hall–Kier alpha value is -1.57. The average Bonchev–Trinajstić information content (AvgIpc) is 2.42. The normalized spacial score (nSPS) is 10.5. The summed E-state index contributed by atoms with van der Waals surface area (Å²) in [6.07, 6.45) is 0. The third kappa shape index (κ3) is 5.73. The van der Waals surface area contributed by atoms with Crippen LogP contribution >= 0.6 is 0 Å². The predicted octanol–water partition coefficient (Wildman–Crippen LogP) is 2.76. The van der Waals surface area contributed by atoms with Gasteiger partial charge in [-0.15, -0.1) is 0 Å². The van der Waals surface area contributed by atoms with Crippen LogP contribution in [0.4, 0.5) is 0 Å². The highest BCUT2D eigenvalue weighted by Crippen LogP contribution is 2.20.